The summed E-state index contributed by atoms with van der Waals surface area (Å²) in [5.41, 5.74) is 2.66. The van der Waals surface area contributed by atoms with Gasteiger partial charge in [0.2, 0.25) is 0 Å². The van der Waals surface area contributed by atoms with Crippen LogP contribution in [0.2, 0.25) is 5.15 Å². The number of H-pyrrole nitrogens is 1. The smallest absolute Gasteiger partial charge is 0.360 e. The van der Waals surface area contributed by atoms with Crippen LogP contribution in [0.15, 0.2) is 61.1 Å². The third-order valence-electron chi connectivity index (χ3n) is 4.27. The second kappa shape index (κ2) is 6.21. The number of fused-ring (bicyclic) bond motifs is 1. The van der Waals surface area contributed by atoms with Gasteiger partial charge >= 0.3 is 6.18 Å². The van der Waals surface area contributed by atoms with E-state index in [-0.39, 0.29) is 0 Å². The van der Waals surface area contributed by atoms with Crippen LogP contribution in [-0.4, -0.2) is 14.5 Å². The predicted octanol–water partition coefficient (Wildman–Crippen LogP) is 5.75. The summed E-state index contributed by atoms with van der Waals surface area (Å²) in [4.78, 5) is 7.36. The lowest BCUT2D eigenvalue weighted by Gasteiger charge is -2.10. The van der Waals surface area contributed by atoms with Crippen molar-refractivity contribution in [2.75, 3.05) is 0 Å². The quantitative estimate of drug-likeness (QED) is 0.486. The van der Waals surface area contributed by atoms with Crippen molar-refractivity contribution in [3.63, 3.8) is 0 Å². The summed E-state index contributed by atoms with van der Waals surface area (Å²) in [7, 11) is 0. The van der Waals surface area contributed by atoms with E-state index in [0.717, 1.165) is 39.9 Å². The molecule has 0 unspecified atom stereocenters. The minimum absolute atomic E-state index is 0.349. The van der Waals surface area contributed by atoms with Crippen LogP contribution in [0.3, 0.4) is 0 Å². The summed E-state index contributed by atoms with van der Waals surface area (Å²) < 4.78 is 40.0. The fourth-order valence-electron chi connectivity index (χ4n) is 3.01. The van der Waals surface area contributed by atoms with Gasteiger partial charge in [-0.15, -0.1) is 0 Å². The Bertz CT molecular complexity index is 1060. The molecule has 3 nitrogen and oxygen atoms in total. The third-order valence-corrected chi connectivity index (χ3v) is 4.55. The molecule has 0 aliphatic heterocycles. The molecule has 0 amide bonds. The molecule has 2 aromatic heterocycles. The molecule has 0 saturated carbocycles. The van der Waals surface area contributed by atoms with Crippen molar-refractivity contribution in [3.05, 3.63) is 77.3 Å². The first-order chi connectivity index (χ1) is 12.4. The highest BCUT2D eigenvalue weighted by Gasteiger charge is 2.30. The summed E-state index contributed by atoms with van der Waals surface area (Å²) in [5.74, 6) is 0. The van der Waals surface area contributed by atoms with Gasteiger partial charge in [-0.2, -0.15) is 13.2 Å². The molecular formula is C19H13ClF3N3. The average molecular weight is 376 g/mol. The van der Waals surface area contributed by atoms with E-state index in [1.165, 1.54) is 12.1 Å². The van der Waals surface area contributed by atoms with Gasteiger partial charge in [0.05, 0.1) is 17.6 Å². The highest BCUT2D eigenvalue weighted by Crippen LogP contribution is 2.34. The Morgan fingerprint density at radius 1 is 1.04 bits per heavy atom. The second-order valence-corrected chi connectivity index (χ2v) is 6.31. The molecule has 1 N–H and O–H groups in total. The Morgan fingerprint density at radius 2 is 1.77 bits per heavy atom. The molecule has 2 heterocycles. The van der Waals surface area contributed by atoms with Crippen LogP contribution >= 0.6 is 11.6 Å². The van der Waals surface area contributed by atoms with Crippen LogP contribution in [0.1, 0.15) is 11.1 Å². The lowest BCUT2D eigenvalue weighted by molar-refractivity contribution is -0.137. The van der Waals surface area contributed by atoms with Gasteiger partial charge < -0.3 is 9.55 Å². The molecule has 0 spiro atoms. The minimum atomic E-state index is -4.34. The maximum absolute atomic E-state index is 12.7. The van der Waals surface area contributed by atoms with E-state index in [2.05, 4.69) is 9.97 Å². The maximum Gasteiger partial charge on any atom is 0.416 e. The fraction of sp³-hybridized carbons (Fsp3) is 0.105. The zero-order chi connectivity index (χ0) is 18.3. The molecule has 132 valence electrons. The number of aromatic nitrogens is 3. The number of para-hydroxylation sites is 1. The van der Waals surface area contributed by atoms with Crippen molar-refractivity contribution in [2.24, 2.45) is 0 Å². The van der Waals surface area contributed by atoms with Crippen LogP contribution in [0, 0.1) is 0 Å². The van der Waals surface area contributed by atoms with Gasteiger partial charge in [0.1, 0.15) is 0 Å². The molecule has 0 saturated heterocycles. The van der Waals surface area contributed by atoms with Crippen LogP contribution in [0.5, 0.6) is 0 Å². The van der Waals surface area contributed by atoms with Crippen molar-refractivity contribution in [3.8, 4) is 11.3 Å². The zero-order valence-corrected chi connectivity index (χ0v) is 14.1. The number of hydrogen-bond acceptors (Lipinski definition) is 1. The van der Waals surface area contributed by atoms with Crippen LogP contribution < -0.4 is 0 Å². The third kappa shape index (κ3) is 2.97. The van der Waals surface area contributed by atoms with Crippen molar-refractivity contribution in [1.29, 1.82) is 0 Å². The van der Waals surface area contributed by atoms with Crippen molar-refractivity contribution in [2.45, 2.75) is 12.7 Å². The average Bonchev–Trinajstić information content (AvgIpc) is 3.18. The SMILES string of the molecule is FC(F)(F)c1ccc(Cn2cnc(Cl)c2-c2c[nH]c3ccccc23)cc1. The molecule has 0 radical (unpaired) electrons. The number of nitrogens with one attached hydrogen (secondary N) is 1. The van der Waals surface area contributed by atoms with Gasteiger partial charge in [-0.05, 0) is 23.8 Å². The Kier molecular flexibility index (Phi) is 4.00. The Morgan fingerprint density at radius 3 is 2.50 bits per heavy atom. The molecular weight excluding hydrogens is 363 g/mol. The summed E-state index contributed by atoms with van der Waals surface area (Å²) >= 11 is 6.29. The highest BCUT2D eigenvalue weighted by atomic mass is 35.5. The monoisotopic (exact) mass is 375 g/mol. The van der Waals surface area contributed by atoms with Gasteiger partial charge in [-0.25, -0.2) is 4.98 Å². The van der Waals surface area contributed by atoms with Gasteiger partial charge in [0, 0.05) is 29.2 Å². The molecule has 0 fully saturated rings. The molecule has 0 bridgehead atoms. The number of hydrogen-bond donors (Lipinski definition) is 1. The molecule has 0 aliphatic carbocycles. The van der Waals surface area contributed by atoms with E-state index < -0.39 is 11.7 Å². The van der Waals surface area contributed by atoms with Gasteiger partial charge in [0.25, 0.3) is 0 Å². The van der Waals surface area contributed by atoms with Gasteiger partial charge in [0.15, 0.2) is 5.15 Å². The predicted molar refractivity (Wildman–Crippen MR) is 95.1 cm³/mol. The number of rotatable bonds is 3. The molecule has 4 aromatic rings. The first-order valence-corrected chi connectivity index (χ1v) is 8.24. The van der Waals surface area contributed by atoms with Crippen molar-refractivity contribution < 1.29 is 13.2 Å². The standard InChI is InChI=1S/C19H13ClF3N3/c20-18-17(15-9-24-16-4-2-1-3-14(15)16)26(11-25-18)10-12-5-7-13(8-6-12)19(21,22)23/h1-9,11,24H,10H2. The van der Waals surface area contributed by atoms with Crippen molar-refractivity contribution in [1.82, 2.24) is 14.5 Å². The molecule has 2 aromatic carbocycles. The number of benzene rings is 2. The maximum atomic E-state index is 12.7. The number of alkyl halides is 3. The van der Waals surface area contributed by atoms with Gasteiger partial charge in [-0.3, -0.25) is 0 Å². The number of halogens is 4. The lowest BCUT2D eigenvalue weighted by atomic mass is 10.1. The first-order valence-electron chi connectivity index (χ1n) is 7.87. The van der Waals surface area contributed by atoms with Crippen molar-refractivity contribution >= 4 is 22.5 Å². The lowest BCUT2D eigenvalue weighted by Crippen LogP contribution is -2.05. The fourth-order valence-corrected chi connectivity index (χ4v) is 3.26. The van der Waals surface area contributed by atoms with E-state index in [4.69, 9.17) is 11.6 Å². The van der Waals surface area contributed by atoms with E-state index >= 15 is 0 Å². The Labute approximate surface area is 152 Å². The van der Waals surface area contributed by atoms with Gasteiger partial charge in [-0.1, -0.05) is 41.9 Å². The van der Waals surface area contributed by atoms with E-state index in [1.54, 1.807) is 6.33 Å². The minimum Gasteiger partial charge on any atom is -0.360 e. The van der Waals surface area contributed by atoms with Crippen LogP contribution in [0.4, 0.5) is 13.2 Å². The molecule has 7 heteroatoms. The summed E-state index contributed by atoms with van der Waals surface area (Å²) in [6.07, 6.45) is -0.889. The Balaban J connectivity index is 1.71. The summed E-state index contributed by atoms with van der Waals surface area (Å²) in [6.45, 7) is 0.368. The first kappa shape index (κ1) is 16.7. The summed E-state index contributed by atoms with van der Waals surface area (Å²) in [5, 5.41) is 1.35. The van der Waals surface area contributed by atoms with E-state index in [0.29, 0.717) is 11.7 Å². The van der Waals surface area contributed by atoms with E-state index in [1.807, 2.05) is 35.0 Å². The topological polar surface area (TPSA) is 33.6 Å². The van der Waals surface area contributed by atoms with E-state index in [9.17, 15) is 13.2 Å². The van der Waals surface area contributed by atoms with Crippen LogP contribution in [0.25, 0.3) is 22.2 Å². The summed E-state index contributed by atoms with van der Waals surface area (Å²) in [6, 6.07) is 12.9. The molecule has 0 atom stereocenters. The second-order valence-electron chi connectivity index (χ2n) is 5.95. The molecule has 4 rings (SSSR count). The zero-order valence-electron chi connectivity index (χ0n) is 13.4. The number of nitrogens with zero attached hydrogens (tertiary/aromatic N) is 2. The molecule has 0 aliphatic rings. The Hall–Kier alpha value is -2.73. The largest absolute Gasteiger partial charge is 0.416 e. The number of aromatic amines is 1. The highest BCUT2D eigenvalue weighted by molar-refractivity contribution is 6.32. The molecule has 26 heavy (non-hydrogen) atoms. The number of imidazole rings is 1. The van der Waals surface area contributed by atoms with Crippen LogP contribution in [-0.2, 0) is 12.7 Å². The normalized spacial score (nSPS) is 12.0.